The van der Waals surface area contributed by atoms with Gasteiger partial charge in [-0.25, -0.2) is 9.78 Å². The molecule has 0 spiro atoms. The predicted octanol–water partition coefficient (Wildman–Crippen LogP) is 3.97. The van der Waals surface area contributed by atoms with Crippen molar-refractivity contribution < 1.29 is 24.7 Å². The summed E-state index contributed by atoms with van der Waals surface area (Å²) in [5, 5.41) is 34.3. The molecule has 3 aromatic rings. The fourth-order valence-corrected chi connectivity index (χ4v) is 4.28. The van der Waals surface area contributed by atoms with Gasteiger partial charge in [-0.3, -0.25) is 10.1 Å². The number of fused-ring (bicyclic) bond motifs is 3. The summed E-state index contributed by atoms with van der Waals surface area (Å²) in [4.78, 5) is 26.5. The van der Waals surface area contributed by atoms with Gasteiger partial charge in [0, 0.05) is 24.7 Å². The Kier molecular flexibility index (Phi) is 7.06. The van der Waals surface area contributed by atoms with Crippen LogP contribution in [0.2, 0.25) is 5.02 Å². The molecule has 34 heavy (non-hydrogen) atoms. The molecule has 0 saturated carbocycles. The van der Waals surface area contributed by atoms with Crippen LogP contribution in [0.3, 0.4) is 0 Å². The van der Waals surface area contributed by atoms with E-state index in [1.807, 2.05) is 48.5 Å². The Bertz CT molecular complexity index is 1180. The van der Waals surface area contributed by atoms with E-state index in [2.05, 4.69) is 10.3 Å². The van der Waals surface area contributed by atoms with Gasteiger partial charge in [0.15, 0.2) is 0 Å². The number of ether oxygens (including phenoxy) is 1. The molecule has 0 fully saturated rings. The Morgan fingerprint density at radius 2 is 1.76 bits per heavy atom. The standard InChI is InChI=1S/C24H22ClN3O6/c25-14-11-20(28(32)33)22(27-12-14)23(30)21(29)9-10-26-24(31)34-13-19-17-7-3-1-5-15(17)16-6-2-4-8-18(16)19/h1-8,11-12,19,21,23,29-30H,9-10,13H2,(H,26,31). The molecule has 4 rings (SSSR count). The lowest BCUT2D eigenvalue weighted by Crippen LogP contribution is -2.31. The number of aliphatic hydroxyl groups is 2. The quantitative estimate of drug-likeness (QED) is 0.326. The van der Waals surface area contributed by atoms with Crippen LogP contribution in [-0.2, 0) is 4.74 Å². The zero-order chi connectivity index (χ0) is 24.2. The molecule has 2 unspecified atom stereocenters. The number of pyridine rings is 1. The van der Waals surface area contributed by atoms with Crippen molar-refractivity contribution in [1.82, 2.24) is 10.3 Å². The molecular formula is C24H22ClN3O6. The topological polar surface area (TPSA) is 135 Å². The lowest BCUT2D eigenvalue weighted by Gasteiger charge is -2.18. The van der Waals surface area contributed by atoms with E-state index in [4.69, 9.17) is 16.3 Å². The zero-order valence-corrected chi connectivity index (χ0v) is 18.7. The van der Waals surface area contributed by atoms with Gasteiger partial charge in [-0.2, -0.15) is 0 Å². The average Bonchev–Trinajstić information content (AvgIpc) is 3.16. The number of carbonyl (C=O) groups excluding carboxylic acids is 1. The second-order valence-electron chi connectivity index (χ2n) is 7.87. The van der Waals surface area contributed by atoms with Crippen molar-refractivity contribution in [3.63, 3.8) is 0 Å². The van der Waals surface area contributed by atoms with Crippen LogP contribution in [0.4, 0.5) is 10.5 Å². The normalized spacial score (nSPS) is 14.1. The van der Waals surface area contributed by atoms with Crippen LogP contribution >= 0.6 is 11.6 Å². The van der Waals surface area contributed by atoms with Crippen LogP contribution in [0, 0.1) is 10.1 Å². The molecule has 9 nitrogen and oxygen atoms in total. The molecule has 0 radical (unpaired) electrons. The molecule has 1 aliphatic carbocycles. The number of hydrogen-bond donors (Lipinski definition) is 3. The first-order chi connectivity index (χ1) is 16.4. The van der Waals surface area contributed by atoms with Crippen LogP contribution in [0.5, 0.6) is 0 Å². The highest BCUT2D eigenvalue weighted by Gasteiger charge is 2.30. The molecule has 1 heterocycles. The predicted molar refractivity (Wildman–Crippen MR) is 125 cm³/mol. The summed E-state index contributed by atoms with van der Waals surface area (Å²) in [6, 6.07) is 17.0. The first kappa shape index (κ1) is 23.6. The van der Waals surface area contributed by atoms with Crippen molar-refractivity contribution in [1.29, 1.82) is 0 Å². The molecule has 0 aliphatic heterocycles. The Labute approximate surface area is 200 Å². The highest BCUT2D eigenvalue weighted by atomic mass is 35.5. The molecule has 176 valence electrons. The lowest BCUT2D eigenvalue weighted by molar-refractivity contribution is -0.386. The maximum absolute atomic E-state index is 12.2. The first-order valence-corrected chi connectivity index (χ1v) is 11.0. The van der Waals surface area contributed by atoms with E-state index in [1.54, 1.807) is 0 Å². The van der Waals surface area contributed by atoms with Crippen LogP contribution < -0.4 is 5.32 Å². The van der Waals surface area contributed by atoms with E-state index < -0.39 is 28.9 Å². The second-order valence-corrected chi connectivity index (χ2v) is 8.30. The summed E-state index contributed by atoms with van der Waals surface area (Å²) in [6.07, 6.45) is -2.62. The monoisotopic (exact) mass is 483 g/mol. The molecule has 2 atom stereocenters. The summed E-state index contributed by atoms with van der Waals surface area (Å²) in [7, 11) is 0. The molecule has 0 saturated heterocycles. The first-order valence-electron chi connectivity index (χ1n) is 10.6. The van der Waals surface area contributed by atoms with Crippen LogP contribution in [0.25, 0.3) is 11.1 Å². The Balaban J connectivity index is 1.30. The van der Waals surface area contributed by atoms with E-state index in [0.717, 1.165) is 34.5 Å². The Morgan fingerprint density at radius 3 is 2.38 bits per heavy atom. The SMILES string of the molecule is O=C(NCCC(O)C(O)c1ncc(Cl)cc1[N+](=O)[O-])OCC1c2ccccc2-c2ccccc21. The van der Waals surface area contributed by atoms with Gasteiger partial charge in [0.25, 0.3) is 5.69 Å². The fourth-order valence-electron chi connectivity index (χ4n) is 4.12. The number of nitrogens with zero attached hydrogens (tertiary/aromatic N) is 2. The minimum Gasteiger partial charge on any atom is -0.449 e. The van der Waals surface area contributed by atoms with Crippen molar-refractivity contribution >= 4 is 23.4 Å². The number of nitro groups is 1. The van der Waals surface area contributed by atoms with Crippen molar-refractivity contribution in [2.24, 2.45) is 0 Å². The van der Waals surface area contributed by atoms with E-state index in [9.17, 15) is 25.1 Å². The maximum Gasteiger partial charge on any atom is 0.407 e. The minimum atomic E-state index is -1.62. The molecule has 0 bridgehead atoms. The largest absolute Gasteiger partial charge is 0.449 e. The van der Waals surface area contributed by atoms with Crippen molar-refractivity contribution in [3.05, 3.63) is 92.8 Å². The smallest absolute Gasteiger partial charge is 0.407 e. The number of aliphatic hydroxyl groups excluding tert-OH is 2. The van der Waals surface area contributed by atoms with E-state index >= 15 is 0 Å². The van der Waals surface area contributed by atoms with Gasteiger partial charge < -0.3 is 20.3 Å². The van der Waals surface area contributed by atoms with Crippen molar-refractivity contribution in [2.75, 3.05) is 13.2 Å². The van der Waals surface area contributed by atoms with Gasteiger partial charge in [0.1, 0.15) is 18.4 Å². The van der Waals surface area contributed by atoms with E-state index in [0.29, 0.717) is 0 Å². The van der Waals surface area contributed by atoms with Gasteiger partial charge in [0.2, 0.25) is 0 Å². The average molecular weight is 484 g/mol. The number of alkyl carbamates (subject to hydrolysis) is 1. The zero-order valence-electron chi connectivity index (χ0n) is 17.9. The number of amides is 1. The molecular weight excluding hydrogens is 462 g/mol. The van der Waals surface area contributed by atoms with Gasteiger partial charge in [-0.05, 0) is 28.7 Å². The highest BCUT2D eigenvalue weighted by molar-refractivity contribution is 6.30. The molecule has 1 aliphatic rings. The lowest BCUT2D eigenvalue weighted by atomic mass is 9.98. The summed E-state index contributed by atoms with van der Waals surface area (Å²) < 4.78 is 5.42. The minimum absolute atomic E-state index is 0.0176. The third-order valence-corrected chi connectivity index (χ3v) is 5.97. The van der Waals surface area contributed by atoms with Gasteiger partial charge in [-0.15, -0.1) is 0 Å². The van der Waals surface area contributed by atoms with Crippen LogP contribution in [0.1, 0.15) is 35.3 Å². The molecule has 2 aromatic carbocycles. The molecule has 10 heteroatoms. The second kappa shape index (κ2) is 10.2. The van der Waals surface area contributed by atoms with Crippen LogP contribution in [-0.4, -0.2) is 45.5 Å². The van der Waals surface area contributed by atoms with Crippen molar-refractivity contribution in [2.45, 2.75) is 24.5 Å². The number of aromatic nitrogens is 1. The third-order valence-electron chi connectivity index (χ3n) is 5.76. The number of halogens is 1. The van der Waals surface area contributed by atoms with Gasteiger partial charge >= 0.3 is 6.09 Å². The summed E-state index contributed by atoms with van der Waals surface area (Å²) in [6.45, 7) is 0.127. The van der Waals surface area contributed by atoms with Crippen molar-refractivity contribution in [3.8, 4) is 11.1 Å². The number of benzene rings is 2. The Morgan fingerprint density at radius 1 is 1.15 bits per heavy atom. The summed E-state index contributed by atoms with van der Waals surface area (Å²) >= 11 is 5.72. The van der Waals surface area contributed by atoms with Crippen LogP contribution in [0.15, 0.2) is 60.8 Å². The van der Waals surface area contributed by atoms with Gasteiger partial charge in [0.05, 0.1) is 16.0 Å². The maximum atomic E-state index is 12.2. The number of rotatable bonds is 8. The van der Waals surface area contributed by atoms with E-state index in [1.165, 1.54) is 0 Å². The number of nitrogens with one attached hydrogen (secondary N) is 1. The summed E-state index contributed by atoms with van der Waals surface area (Å²) in [5.41, 5.74) is 3.62. The molecule has 3 N–H and O–H groups in total. The highest BCUT2D eigenvalue weighted by Crippen LogP contribution is 2.44. The number of hydrogen-bond acceptors (Lipinski definition) is 7. The number of carbonyl (C=O) groups is 1. The Hall–Kier alpha value is -3.53. The van der Waals surface area contributed by atoms with E-state index in [-0.39, 0.29) is 36.2 Å². The molecule has 1 amide bonds. The fraction of sp³-hybridized carbons (Fsp3) is 0.250. The molecule has 1 aromatic heterocycles. The van der Waals surface area contributed by atoms with Gasteiger partial charge in [-0.1, -0.05) is 60.1 Å². The summed E-state index contributed by atoms with van der Waals surface area (Å²) in [5.74, 6) is -0.0814. The third kappa shape index (κ3) is 4.86.